The smallest absolute Gasteiger partial charge is 0.251 e. The largest absolute Gasteiger partial charge is 0.398 e. The molecular weight excluding hydrogens is 206 g/mol. The SMILES string of the molecule is C#CCCNC(=O)Cn1cc(N)ccc1=O. The molecule has 0 spiro atoms. The minimum Gasteiger partial charge on any atom is -0.398 e. The lowest BCUT2D eigenvalue weighted by Crippen LogP contribution is -2.32. The Morgan fingerprint density at radius 2 is 2.31 bits per heavy atom. The highest BCUT2D eigenvalue weighted by Gasteiger charge is 2.03. The summed E-state index contributed by atoms with van der Waals surface area (Å²) >= 11 is 0. The highest BCUT2D eigenvalue weighted by Crippen LogP contribution is 1.95. The second-order valence-electron chi connectivity index (χ2n) is 3.23. The van der Waals surface area contributed by atoms with Gasteiger partial charge in [-0.05, 0) is 6.07 Å². The van der Waals surface area contributed by atoms with Crippen LogP contribution in [-0.2, 0) is 11.3 Å². The molecule has 1 aromatic rings. The number of rotatable bonds is 4. The zero-order chi connectivity index (χ0) is 12.0. The molecular formula is C11H13N3O2. The lowest BCUT2D eigenvalue weighted by molar-refractivity contribution is -0.121. The number of amides is 1. The van der Waals surface area contributed by atoms with Crippen molar-refractivity contribution in [3.8, 4) is 12.3 Å². The molecule has 0 aliphatic carbocycles. The molecule has 0 fully saturated rings. The van der Waals surface area contributed by atoms with Gasteiger partial charge in [-0.15, -0.1) is 12.3 Å². The minimum atomic E-state index is -0.263. The van der Waals surface area contributed by atoms with Gasteiger partial charge in [-0.25, -0.2) is 0 Å². The summed E-state index contributed by atoms with van der Waals surface area (Å²) in [6.45, 7) is 0.362. The Balaban J connectivity index is 2.60. The maximum atomic E-state index is 11.4. The van der Waals surface area contributed by atoms with E-state index < -0.39 is 0 Å². The van der Waals surface area contributed by atoms with Crippen molar-refractivity contribution in [3.05, 3.63) is 28.7 Å². The maximum Gasteiger partial charge on any atom is 0.251 e. The van der Waals surface area contributed by atoms with E-state index >= 15 is 0 Å². The van der Waals surface area contributed by atoms with Gasteiger partial charge in [-0.1, -0.05) is 0 Å². The fourth-order valence-corrected chi connectivity index (χ4v) is 1.16. The number of hydrogen-bond donors (Lipinski definition) is 2. The highest BCUT2D eigenvalue weighted by atomic mass is 16.2. The number of carbonyl (C=O) groups is 1. The third-order valence-corrected chi connectivity index (χ3v) is 1.91. The highest BCUT2D eigenvalue weighted by molar-refractivity contribution is 5.75. The van der Waals surface area contributed by atoms with E-state index in [1.54, 1.807) is 0 Å². The van der Waals surface area contributed by atoms with Crippen molar-refractivity contribution in [2.45, 2.75) is 13.0 Å². The molecule has 0 saturated heterocycles. The summed E-state index contributed by atoms with van der Waals surface area (Å²) in [7, 11) is 0. The number of nitrogens with one attached hydrogen (secondary N) is 1. The second kappa shape index (κ2) is 5.61. The van der Waals surface area contributed by atoms with E-state index in [4.69, 9.17) is 12.2 Å². The topological polar surface area (TPSA) is 77.1 Å². The van der Waals surface area contributed by atoms with Crippen molar-refractivity contribution >= 4 is 11.6 Å². The van der Waals surface area contributed by atoms with Crippen LogP contribution in [-0.4, -0.2) is 17.0 Å². The fourth-order valence-electron chi connectivity index (χ4n) is 1.16. The average molecular weight is 219 g/mol. The second-order valence-corrected chi connectivity index (χ2v) is 3.23. The standard InChI is InChI=1S/C11H13N3O2/c1-2-3-6-13-10(15)8-14-7-9(12)4-5-11(14)16/h1,4-5,7H,3,6,8,12H2,(H,13,15). The number of pyridine rings is 1. The lowest BCUT2D eigenvalue weighted by Gasteiger charge is -2.06. The Morgan fingerprint density at radius 1 is 1.56 bits per heavy atom. The fraction of sp³-hybridized carbons (Fsp3) is 0.273. The number of nitrogens with two attached hydrogens (primary N) is 1. The number of nitrogens with zero attached hydrogens (tertiary/aromatic N) is 1. The van der Waals surface area contributed by atoms with Gasteiger partial charge in [0, 0.05) is 30.9 Å². The van der Waals surface area contributed by atoms with E-state index in [1.807, 2.05) is 0 Å². The number of anilines is 1. The predicted octanol–water partition coefficient (Wildman–Crippen LogP) is -0.430. The summed E-state index contributed by atoms with van der Waals surface area (Å²) in [5.74, 6) is 2.14. The van der Waals surface area contributed by atoms with Gasteiger partial charge in [0.2, 0.25) is 5.91 Å². The summed E-state index contributed by atoms with van der Waals surface area (Å²) in [4.78, 5) is 22.7. The van der Waals surface area contributed by atoms with Gasteiger partial charge in [0.15, 0.2) is 0 Å². The Morgan fingerprint density at radius 3 is 3.00 bits per heavy atom. The summed E-state index contributed by atoms with van der Waals surface area (Å²) < 4.78 is 1.25. The van der Waals surface area contributed by atoms with E-state index in [-0.39, 0.29) is 18.0 Å². The first-order chi connectivity index (χ1) is 7.63. The van der Waals surface area contributed by atoms with Gasteiger partial charge in [0.05, 0.1) is 0 Å². The summed E-state index contributed by atoms with van der Waals surface area (Å²) in [6.07, 6.45) is 6.94. The van der Waals surface area contributed by atoms with E-state index in [9.17, 15) is 9.59 Å². The molecule has 16 heavy (non-hydrogen) atoms. The molecule has 1 heterocycles. The van der Waals surface area contributed by atoms with Crippen LogP contribution in [0.4, 0.5) is 5.69 Å². The lowest BCUT2D eigenvalue weighted by atomic mass is 10.4. The molecule has 0 aromatic carbocycles. The quantitative estimate of drug-likeness (QED) is 0.533. The third-order valence-electron chi connectivity index (χ3n) is 1.91. The molecule has 0 saturated carbocycles. The van der Waals surface area contributed by atoms with Crippen LogP contribution in [0.5, 0.6) is 0 Å². The molecule has 1 amide bonds. The van der Waals surface area contributed by atoms with Crippen molar-refractivity contribution < 1.29 is 4.79 Å². The van der Waals surface area contributed by atoms with Gasteiger partial charge < -0.3 is 15.6 Å². The molecule has 0 bridgehead atoms. The third kappa shape index (κ3) is 3.50. The Bertz CT molecular complexity index is 471. The van der Waals surface area contributed by atoms with Crippen LogP contribution < -0.4 is 16.6 Å². The molecule has 3 N–H and O–H groups in total. The van der Waals surface area contributed by atoms with Crippen molar-refractivity contribution in [2.75, 3.05) is 12.3 Å². The normalized spacial score (nSPS) is 9.44. The Kier molecular flexibility index (Phi) is 4.16. The first kappa shape index (κ1) is 11.9. The van der Waals surface area contributed by atoms with Crippen molar-refractivity contribution in [2.24, 2.45) is 0 Å². The van der Waals surface area contributed by atoms with Crippen LogP contribution in [0.1, 0.15) is 6.42 Å². The Labute approximate surface area is 93.3 Å². The molecule has 1 aromatic heterocycles. The van der Waals surface area contributed by atoms with Crippen molar-refractivity contribution in [3.63, 3.8) is 0 Å². The number of hydrogen-bond acceptors (Lipinski definition) is 3. The molecule has 0 radical (unpaired) electrons. The van der Waals surface area contributed by atoms with Crippen molar-refractivity contribution in [1.29, 1.82) is 0 Å². The van der Waals surface area contributed by atoms with E-state index in [1.165, 1.54) is 22.9 Å². The molecule has 0 unspecified atom stereocenters. The minimum absolute atomic E-state index is 0.0472. The molecule has 5 heteroatoms. The van der Waals surface area contributed by atoms with Gasteiger partial charge in [0.1, 0.15) is 6.54 Å². The van der Waals surface area contributed by atoms with Gasteiger partial charge in [-0.2, -0.15) is 0 Å². The molecule has 0 aliphatic rings. The molecule has 1 rings (SSSR count). The van der Waals surface area contributed by atoms with E-state index in [0.29, 0.717) is 18.7 Å². The number of carbonyl (C=O) groups excluding carboxylic acids is 1. The summed E-state index contributed by atoms with van der Waals surface area (Å²) in [5, 5.41) is 2.60. The van der Waals surface area contributed by atoms with Crippen LogP contribution in [0, 0.1) is 12.3 Å². The van der Waals surface area contributed by atoms with Gasteiger partial charge in [-0.3, -0.25) is 9.59 Å². The van der Waals surface area contributed by atoms with Crippen LogP contribution in [0.2, 0.25) is 0 Å². The van der Waals surface area contributed by atoms with Crippen molar-refractivity contribution in [1.82, 2.24) is 9.88 Å². The van der Waals surface area contributed by atoms with Crippen LogP contribution in [0.15, 0.2) is 23.1 Å². The maximum absolute atomic E-state index is 11.4. The van der Waals surface area contributed by atoms with Gasteiger partial charge >= 0.3 is 0 Å². The summed E-state index contributed by atoms with van der Waals surface area (Å²) in [6, 6.07) is 2.82. The number of aromatic nitrogens is 1. The van der Waals surface area contributed by atoms with E-state index in [2.05, 4.69) is 11.2 Å². The van der Waals surface area contributed by atoms with Crippen LogP contribution in [0.3, 0.4) is 0 Å². The monoisotopic (exact) mass is 219 g/mol. The number of nitrogen functional groups attached to an aromatic ring is 1. The Hall–Kier alpha value is -2.22. The van der Waals surface area contributed by atoms with Gasteiger partial charge in [0.25, 0.3) is 5.56 Å². The molecule has 84 valence electrons. The predicted molar refractivity (Wildman–Crippen MR) is 61.6 cm³/mol. The first-order valence-electron chi connectivity index (χ1n) is 4.79. The van der Waals surface area contributed by atoms with Crippen LogP contribution in [0.25, 0.3) is 0 Å². The summed E-state index contributed by atoms with van der Waals surface area (Å²) in [5.41, 5.74) is 5.68. The van der Waals surface area contributed by atoms with Crippen LogP contribution >= 0.6 is 0 Å². The molecule has 5 nitrogen and oxygen atoms in total. The number of terminal acetylenes is 1. The first-order valence-corrected chi connectivity index (χ1v) is 4.79. The average Bonchev–Trinajstić information content (AvgIpc) is 2.24. The van der Waals surface area contributed by atoms with E-state index in [0.717, 1.165) is 0 Å². The molecule has 0 aliphatic heterocycles. The zero-order valence-electron chi connectivity index (χ0n) is 8.77. The zero-order valence-corrected chi connectivity index (χ0v) is 8.77. The molecule has 0 atom stereocenters.